The molecule has 134 valence electrons. The summed E-state index contributed by atoms with van der Waals surface area (Å²) in [5.41, 5.74) is 1.28. The van der Waals surface area contributed by atoms with Crippen LogP contribution in [0.15, 0.2) is 30.3 Å². The number of hydrogen-bond donors (Lipinski definition) is 2. The number of aliphatic hydroxyl groups is 1. The van der Waals surface area contributed by atoms with Crippen molar-refractivity contribution >= 4 is 22.6 Å². The van der Waals surface area contributed by atoms with Gasteiger partial charge in [-0.3, -0.25) is 5.32 Å². The zero-order valence-corrected chi connectivity index (χ0v) is 15.0. The van der Waals surface area contributed by atoms with Crippen molar-refractivity contribution in [3.8, 4) is 11.3 Å². The molecule has 2 heterocycles. The average Bonchev–Trinajstić information content (AvgIpc) is 3.11. The first-order valence-corrected chi connectivity index (χ1v) is 8.99. The van der Waals surface area contributed by atoms with Gasteiger partial charge in [-0.05, 0) is 12.8 Å². The summed E-state index contributed by atoms with van der Waals surface area (Å²) in [6.45, 7) is 1.76. The van der Waals surface area contributed by atoms with Gasteiger partial charge in [-0.25, -0.2) is 4.79 Å². The maximum Gasteiger partial charge on any atom is 0.322 e. The molecule has 0 atom stereocenters. The lowest BCUT2D eigenvalue weighted by molar-refractivity contribution is -0.0255. The van der Waals surface area contributed by atoms with Crippen molar-refractivity contribution < 1.29 is 14.6 Å². The highest BCUT2D eigenvalue weighted by Crippen LogP contribution is 2.32. The van der Waals surface area contributed by atoms with Crippen molar-refractivity contribution in [2.45, 2.75) is 12.8 Å². The van der Waals surface area contributed by atoms with Crippen LogP contribution >= 0.6 is 11.5 Å². The van der Waals surface area contributed by atoms with Crippen LogP contribution in [0.2, 0.25) is 0 Å². The molecule has 2 N–H and O–H groups in total. The lowest BCUT2D eigenvalue weighted by atomic mass is 9.80. The number of hydrogen-bond acceptors (Lipinski definition) is 6. The first-order valence-electron chi connectivity index (χ1n) is 8.22. The molecule has 2 amide bonds. The number of amides is 2. The molecule has 1 fully saturated rings. The number of carbonyl (C=O) groups excluding carboxylic acids is 1. The second-order valence-corrected chi connectivity index (χ2v) is 7.13. The van der Waals surface area contributed by atoms with Gasteiger partial charge in [0.05, 0.1) is 6.61 Å². The first kappa shape index (κ1) is 17.8. The van der Waals surface area contributed by atoms with Crippen LogP contribution in [0.1, 0.15) is 12.8 Å². The fourth-order valence-electron chi connectivity index (χ4n) is 3.00. The Morgan fingerprint density at radius 3 is 2.76 bits per heavy atom. The average molecular weight is 362 g/mol. The molecule has 2 aromatic rings. The molecule has 8 heteroatoms. The van der Waals surface area contributed by atoms with E-state index in [9.17, 15) is 9.90 Å². The number of rotatable bonds is 5. The summed E-state index contributed by atoms with van der Waals surface area (Å²) in [4.78, 5) is 14.2. The summed E-state index contributed by atoms with van der Waals surface area (Å²) in [5.74, 6) is 0. The van der Waals surface area contributed by atoms with Gasteiger partial charge in [0.1, 0.15) is 10.7 Å². The third kappa shape index (κ3) is 4.15. The molecule has 7 nitrogen and oxygen atoms in total. The van der Waals surface area contributed by atoms with Gasteiger partial charge in [-0.2, -0.15) is 0 Å². The van der Waals surface area contributed by atoms with E-state index in [0.717, 1.165) is 29.9 Å². The highest BCUT2D eigenvalue weighted by atomic mass is 32.1. The maximum absolute atomic E-state index is 12.6. The van der Waals surface area contributed by atoms with Gasteiger partial charge >= 0.3 is 6.03 Å². The van der Waals surface area contributed by atoms with Crippen LogP contribution < -0.4 is 5.32 Å². The smallest absolute Gasteiger partial charge is 0.322 e. The molecule has 0 unspecified atom stereocenters. The minimum Gasteiger partial charge on any atom is -0.396 e. The largest absolute Gasteiger partial charge is 0.396 e. The van der Waals surface area contributed by atoms with E-state index in [1.165, 1.54) is 0 Å². The van der Waals surface area contributed by atoms with E-state index >= 15 is 0 Å². The van der Waals surface area contributed by atoms with Crippen LogP contribution in [0, 0.1) is 5.41 Å². The topological polar surface area (TPSA) is 87.6 Å². The van der Waals surface area contributed by atoms with Gasteiger partial charge in [0.25, 0.3) is 0 Å². The molecule has 1 aromatic heterocycles. The van der Waals surface area contributed by atoms with E-state index in [1.54, 1.807) is 11.9 Å². The van der Waals surface area contributed by atoms with Crippen LogP contribution in [-0.4, -0.2) is 59.0 Å². The zero-order valence-electron chi connectivity index (χ0n) is 14.1. The van der Waals surface area contributed by atoms with Crippen LogP contribution in [0.25, 0.3) is 11.3 Å². The molecule has 0 aliphatic carbocycles. The predicted octanol–water partition coefficient (Wildman–Crippen LogP) is 2.46. The first-order chi connectivity index (χ1) is 12.1. The molecule has 1 aliphatic heterocycles. The normalized spacial score (nSPS) is 16.4. The Morgan fingerprint density at radius 1 is 1.36 bits per heavy atom. The van der Waals surface area contributed by atoms with E-state index in [4.69, 9.17) is 4.74 Å². The molecule has 3 rings (SSSR count). The summed E-state index contributed by atoms with van der Waals surface area (Å²) in [5, 5.41) is 17.4. The molecule has 1 saturated heterocycles. The molecule has 0 radical (unpaired) electrons. The fraction of sp³-hybridized carbons (Fsp3) is 0.471. The lowest BCUT2D eigenvalue weighted by Crippen LogP contribution is -2.45. The fourth-order valence-corrected chi connectivity index (χ4v) is 3.58. The summed E-state index contributed by atoms with van der Waals surface area (Å²) >= 11 is 1.15. The van der Waals surface area contributed by atoms with E-state index in [2.05, 4.69) is 14.9 Å². The van der Waals surface area contributed by atoms with Gasteiger partial charge in [0.2, 0.25) is 0 Å². The van der Waals surface area contributed by atoms with Crippen molar-refractivity contribution in [3.05, 3.63) is 30.3 Å². The standard InChI is InChI=1S/C17H22N4O3S/c1-21(11-17(12-22)7-9-24-10-8-17)16(23)18-15-14(19-20-25-15)13-5-3-2-4-6-13/h2-6,22H,7-12H2,1H3,(H,18,23). The van der Waals surface area contributed by atoms with Crippen LogP contribution in [0.4, 0.5) is 9.80 Å². The number of aliphatic hydroxyl groups excluding tert-OH is 1. The molecule has 0 spiro atoms. The number of benzene rings is 1. The number of ether oxygens (including phenoxy) is 1. The van der Waals surface area contributed by atoms with Crippen LogP contribution in [0.3, 0.4) is 0 Å². The lowest BCUT2D eigenvalue weighted by Gasteiger charge is -2.38. The molecule has 0 saturated carbocycles. The van der Waals surface area contributed by atoms with Gasteiger partial charge < -0.3 is 14.7 Å². The van der Waals surface area contributed by atoms with Crippen molar-refractivity contribution in [2.24, 2.45) is 5.41 Å². The van der Waals surface area contributed by atoms with Gasteiger partial charge in [-0.15, -0.1) is 5.10 Å². The van der Waals surface area contributed by atoms with E-state index in [1.807, 2.05) is 30.3 Å². The van der Waals surface area contributed by atoms with Gasteiger partial charge in [-0.1, -0.05) is 34.8 Å². The number of carbonyl (C=O) groups is 1. The number of nitrogens with one attached hydrogen (secondary N) is 1. The Kier molecular flexibility index (Phi) is 5.62. The Balaban J connectivity index is 1.67. The summed E-state index contributed by atoms with van der Waals surface area (Å²) in [6, 6.07) is 9.39. The van der Waals surface area contributed by atoms with Crippen molar-refractivity contribution in [3.63, 3.8) is 0 Å². The Morgan fingerprint density at radius 2 is 2.08 bits per heavy atom. The number of nitrogens with zero attached hydrogens (tertiary/aromatic N) is 3. The molecular weight excluding hydrogens is 340 g/mol. The quantitative estimate of drug-likeness (QED) is 0.853. The third-order valence-corrected chi connectivity index (χ3v) is 5.21. The number of urea groups is 1. The highest BCUT2D eigenvalue weighted by Gasteiger charge is 2.34. The van der Waals surface area contributed by atoms with Gasteiger partial charge in [0.15, 0.2) is 0 Å². The number of aromatic nitrogens is 2. The van der Waals surface area contributed by atoms with E-state index < -0.39 is 0 Å². The Hall–Kier alpha value is -2.03. The van der Waals surface area contributed by atoms with E-state index in [-0.39, 0.29) is 18.1 Å². The second kappa shape index (κ2) is 7.90. The Labute approximate surface area is 150 Å². The second-order valence-electron chi connectivity index (χ2n) is 6.37. The van der Waals surface area contributed by atoms with E-state index in [0.29, 0.717) is 30.5 Å². The van der Waals surface area contributed by atoms with Crippen molar-refractivity contribution in [1.82, 2.24) is 14.5 Å². The predicted molar refractivity (Wildman–Crippen MR) is 96.6 cm³/mol. The third-order valence-electron chi connectivity index (χ3n) is 4.56. The highest BCUT2D eigenvalue weighted by molar-refractivity contribution is 7.10. The Bertz CT molecular complexity index is 701. The zero-order chi connectivity index (χ0) is 17.7. The minimum atomic E-state index is -0.293. The van der Waals surface area contributed by atoms with Crippen LogP contribution in [0.5, 0.6) is 0 Å². The van der Waals surface area contributed by atoms with Crippen molar-refractivity contribution in [2.75, 3.05) is 38.7 Å². The maximum atomic E-state index is 12.6. The molecular formula is C17H22N4O3S. The van der Waals surface area contributed by atoms with Crippen LogP contribution in [-0.2, 0) is 4.74 Å². The molecule has 1 aromatic carbocycles. The van der Waals surface area contributed by atoms with Crippen molar-refractivity contribution in [1.29, 1.82) is 0 Å². The summed E-state index contributed by atoms with van der Waals surface area (Å²) < 4.78 is 9.33. The SMILES string of the molecule is CN(CC1(CO)CCOCC1)C(=O)Nc1snnc1-c1ccccc1. The summed E-state index contributed by atoms with van der Waals surface area (Å²) in [6.07, 6.45) is 1.50. The van der Waals surface area contributed by atoms with Gasteiger partial charge in [0, 0.05) is 49.3 Å². The molecule has 0 bridgehead atoms. The summed E-state index contributed by atoms with van der Waals surface area (Å²) in [7, 11) is 1.73. The molecule has 1 aliphatic rings. The molecule has 25 heavy (non-hydrogen) atoms. The number of anilines is 1. The monoisotopic (exact) mass is 362 g/mol. The minimum absolute atomic E-state index is 0.0470.